The lowest BCUT2D eigenvalue weighted by molar-refractivity contribution is 0.339. The molecular weight excluding hydrogens is 164 g/mol. The Bertz CT molecular complexity index is 363. The van der Waals surface area contributed by atoms with E-state index in [1.54, 1.807) is 25.6 Å². The van der Waals surface area contributed by atoms with Gasteiger partial charge >= 0.3 is 0 Å². The summed E-state index contributed by atoms with van der Waals surface area (Å²) in [5, 5.41) is 8.76. The molecule has 3 nitrogen and oxygen atoms in total. The lowest BCUT2D eigenvalue weighted by Crippen LogP contribution is -1.90. The van der Waals surface area contributed by atoms with Crippen LogP contribution in [0.15, 0.2) is 24.6 Å². The molecule has 0 saturated carbocycles. The molecule has 0 N–H and O–H groups in total. The fourth-order valence-corrected chi connectivity index (χ4v) is 1.05. The minimum Gasteiger partial charge on any atom is -0.504 e. The number of methoxy groups -OCH3 is 1. The minimum absolute atomic E-state index is 0.424. The maximum atomic E-state index is 8.76. The Morgan fingerprint density at radius 3 is 3.08 bits per heavy atom. The molecule has 0 unspecified atom stereocenters. The van der Waals surface area contributed by atoms with Crippen LogP contribution in [-0.4, -0.2) is 12.1 Å². The van der Waals surface area contributed by atoms with E-state index in [0.29, 0.717) is 5.69 Å². The monoisotopic (exact) mass is 174 g/mol. The van der Waals surface area contributed by atoms with Crippen LogP contribution >= 0.6 is 0 Å². The first kappa shape index (κ1) is 9.27. The van der Waals surface area contributed by atoms with Gasteiger partial charge in [0.15, 0.2) is 0 Å². The second kappa shape index (κ2) is 4.27. The van der Waals surface area contributed by atoms with Crippen molar-refractivity contribution in [2.45, 2.75) is 6.92 Å². The van der Waals surface area contributed by atoms with Crippen molar-refractivity contribution in [2.24, 2.45) is 0 Å². The van der Waals surface area contributed by atoms with Gasteiger partial charge in [-0.25, -0.2) is 4.98 Å². The van der Waals surface area contributed by atoms with Crippen LogP contribution in [0.3, 0.4) is 0 Å². The number of allylic oxidation sites excluding steroid dienone is 1. The molecule has 13 heavy (non-hydrogen) atoms. The van der Waals surface area contributed by atoms with Crippen molar-refractivity contribution < 1.29 is 4.74 Å². The van der Waals surface area contributed by atoms with Gasteiger partial charge in [0.25, 0.3) is 0 Å². The first-order valence-corrected chi connectivity index (χ1v) is 3.84. The number of nitriles is 1. The van der Waals surface area contributed by atoms with Gasteiger partial charge in [-0.15, -0.1) is 0 Å². The normalized spacial score (nSPS) is 10.7. The number of nitrogens with zero attached hydrogens (tertiary/aromatic N) is 2. The van der Waals surface area contributed by atoms with Crippen LogP contribution in [0.1, 0.15) is 18.2 Å². The van der Waals surface area contributed by atoms with Crippen LogP contribution in [0, 0.1) is 11.3 Å². The number of pyridine rings is 1. The number of hydrogen-bond donors (Lipinski definition) is 0. The average Bonchev–Trinajstić information content (AvgIpc) is 2.18. The van der Waals surface area contributed by atoms with E-state index in [1.165, 1.54) is 0 Å². The van der Waals surface area contributed by atoms with Gasteiger partial charge in [-0.05, 0) is 18.6 Å². The molecule has 0 spiro atoms. The standard InChI is InChI=1S/C10H10N2O/c1-8(7-13-2)9-4-3-5-12-10(9)6-11/h3-5,7H,1-2H3/b8-7+. The van der Waals surface area contributed by atoms with E-state index < -0.39 is 0 Å². The highest BCUT2D eigenvalue weighted by atomic mass is 16.5. The predicted octanol–water partition coefficient (Wildman–Crippen LogP) is 1.96. The summed E-state index contributed by atoms with van der Waals surface area (Å²) >= 11 is 0. The molecule has 0 aliphatic heterocycles. The fraction of sp³-hybridized carbons (Fsp3) is 0.200. The molecule has 66 valence electrons. The SMILES string of the molecule is CO/C=C(\C)c1cccnc1C#N. The van der Waals surface area contributed by atoms with Crippen molar-refractivity contribution in [2.75, 3.05) is 7.11 Å². The van der Waals surface area contributed by atoms with E-state index in [1.807, 2.05) is 19.1 Å². The molecule has 0 radical (unpaired) electrons. The van der Waals surface area contributed by atoms with Crippen LogP contribution in [0.4, 0.5) is 0 Å². The van der Waals surface area contributed by atoms with Crippen LogP contribution in [0.25, 0.3) is 5.57 Å². The molecule has 0 amide bonds. The van der Waals surface area contributed by atoms with Crippen LogP contribution in [0.5, 0.6) is 0 Å². The molecule has 0 aromatic carbocycles. The van der Waals surface area contributed by atoms with E-state index >= 15 is 0 Å². The molecular formula is C10H10N2O. The minimum atomic E-state index is 0.424. The van der Waals surface area contributed by atoms with Crippen molar-refractivity contribution in [3.63, 3.8) is 0 Å². The molecule has 0 aliphatic carbocycles. The smallest absolute Gasteiger partial charge is 0.148 e. The lowest BCUT2D eigenvalue weighted by Gasteiger charge is -2.01. The summed E-state index contributed by atoms with van der Waals surface area (Å²) in [5.74, 6) is 0. The number of aromatic nitrogens is 1. The van der Waals surface area contributed by atoms with Gasteiger partial charge in [0, 0.05) is 11.8 Å². The first-order valence-electron chi connectivity index (χ1n) is 3.84. The summed E-state index contributed by atoms with van der Waals surface area (Å²) in [6.07, 6.45) is 3.19. The van der Waals surface area contributed by atoms with E-state index in [9.17, 15) is 0 Å². The molecule has 1 rings (SSSR count). The zero-order valence-corrected chi connectivity index (χ0v) is 7.61. The quantitative estimate of drug-likeness (QED) is 0.644. The van der Waals surface area contributed by atoms with Crippen LogP contribution in [0.2, 0.25) is 0 Å². The lowest BCUT2D eigenvalue weighted by atomic mass is 10.1. The zero-order valence-electron chi connectivity index (χ0n) is 7.61. The molecule has 0 fully saturated rings. The molecule has 0 bridgehead atoms. The summed E-state index contributed by atoms with van der Waals surface area (Å²) in [7, 11) is 1.58. The summed E-state index contributed by atoms with van der Waals surface area (Å²) < 4.78 is 4.86. The molecule has 3 heteroatoms. The third-order valence-electron chi connectivity index (χ3n) is 1.63. The molecule has 0 saturated heterocycles. The van der Waals surface area contributed by atoms with E-state index in [-0.39, 0.29) is 0 Å². The predicted molar refractivity (Wildman–Crippen MR) is 49.6 cm³/mol. The first-order chi connectivity index (χ1) is 6.29. The molecule has 0 atom stereocenters. The third kappa shape index (κ3) is 2.06. The van der Waals surface area contributed by atoms with Gasteiger partial charge in [0.2, 0.25) is 0 Å². The van der Waals surface area contributed by atoms with Gasteiger partial charge in [0.1, 0.15) is 11.8 Å². The Hall–Kier alpha value is -1.82. The second-order valence-electron chi connectivity index (χ2n) is 2.55. The third-order valence-corrected chi connectivity index (χ3v) is 1.63. The number of ether oxygens (including phenoxy) is 1. The molecule has 1 heterocycles. The Kier molecular flexibility index (Phi) is 3.04. The van der Waals surface area contributed by atoms with Crippen LogP contribution < -0.4 is 0 Å². The summed E-state index contributed by atoms with van der Waals surface area (Å²) in [5.41, 5.74) is 2.13. The van der Waals surface area contributed by atoms with Gasteiger partial charge in [-0.2, -0.15) is 5.26 Å². The van der Waals surface area contributed by atoms with Gasteiger partial charge in [-0.1, -0.05) is 6.07 Å². The molecule has 1 aromatic heterocycles. The van der Waals surface area contributed by atoms with Crippen molar-refractivity contribution in [1.82, 2.24) is 4.98 Å². The van der Waals surface area contributed by atoms with Gasteiger partial charge < -0.3 is 4.74 Å². The molecule has 0 aliphatic rings. The number of hydrogen-bond acceptors (Lipinski definition) is 3. The topological polar surface area (TPSA) is 45.9 Å². The van der Waals surface area contributed by atoms with Crippen molar-refractivity contribution in [3.8, 4) is 6.07 Å². The Labute approximate surface area is 77.3 Å². The Morgan fingerprint density at radius 1 is 1.69 bits per heavy atom. The Morgan fingerprint density at radius 2 is 2.46 bits per heavy atom. The Balaban J connectivity index is 3.15. The van der Waals surface area contributed by atoms with E-state index in [0.717, 1.165) is 11.1 Å². The maximum absolute atomic E-state index is 8.76. The largest absolute Gasteiger partial charge is 0.504 e. The summed E-state index contributed by atoms with van der Waals surface area (Å²) in [6.45, 7) is 1.88. The van der Waals surface area contributed by atoms with Gasteiger partial charge in [-0.3, -0.25) is 0 Å². The highest BCUT2D eigenvalue weighted by Gasteiger charge is 2.03. The maximum Gasteiger partial charge on any atom is 0.148 e. The summed E-state index contributed by atoms with van der Waals surface area (Å²) in [6, 6.07) is 5.67. The average molecular weight is 174 g/mol. The number of rotatable bonds is 2. The van der Waals surface area contributed by atoms with Crippen molar-refractivity contribution in [3.05, 3.63) is 35.8 Å². The highest BCUT2D eigenvalue weighted by Crippen LogP contribution is 2.15. The van der Waals surface area contributed by atoms with Gasteiger partial charge in [0.05, 0.1) is 13.4 Å². The van der Waals surface area contributed by atoms with Crippen molar-refractivity contribution in [1.29, 1.82) is 5.26 Å². The molecule has 1 aromatic rings. The second-order valence-corrected chi connectivity index (χ2v) is 2.55. The zero-order chi connectivity index (χ0) is 9.68. The van der Waals surface area contributed by atoms with E-state index in [2.05, 4.69) is 4.98 Å². The fourth-order valence-electron chi connectivity index (χ4n) is 1.05. The summed E-state index contributed by atoms with van der Waals surface area (Å²) in [4.78, 5) is 3.94. The van der Waals surface area contributed by atoms with Crippen LogP contribution in [-0.2, 0) is 4.74 Å². The highest BCUT2D eigenvalue weighted by molar-refractivity contribution is 5.66. The van der Waals surface area contributed by atoms with E-state index in [4.69, 9.17) is 10.00 Å². The van der Waals surface area contributed by atoms with Crippen molar-refractivity contribution >= 4 is 5.57 Å².